The van der Waals surface area contributed by atoms with Crippen LogP contribution < -0.4 is 5.32 Å². The van der Waals surface area contributed by atoms with Gasteiger partial charge in [-0.2, -0.15) is 0 Å². The molecule has 0 aromatic heterocycles. The van der Waals surface area contributed by atoms with Gasteiger partial charge in [0, 0.05) is 30.5 Å². The van der Waals surface area contributed by atoms with Gasteiger partial charge >= 0.3 is 12.1 Å². The molecule has 2 aromatic carbocycles. The lowest BCUT2D eigenvalue weighted by Crippen LogP contribution is -2.26. The molecule has 0 spiro atoms. The van der Waals surface area contributed by atoms with Gasteiger partial charge in [0.2, 0.25) is 0 Å². The van der Waals surface area contributed by atoms with Crippen molar-refractivity contribution in [3.63, 3.8) is 0 Å². The minimum atomic E-state index is -1.06. The summed E-state index contributed by atoms with van der Waals surface area (Å²) in [5, 5.41) is 12.6. The van der Waals surface area contributed by atoms with Crippen LogP contribution in [0.3, 0.4) is 0 Å². The maximum Gasteiger partial charge on any atom is 0.411 e. The van der Waals surface area contributed by atoms with E-state index in [9.17, 15) is 28.4 Å². The van der Waals surface area contributed by atoms with Crippen LogP contribution in [-0.2, 0) is 32.1 Å². The summed E-state index contributed by atoms with van der Waals surface area (Å²) in [6, 6.07) is 10.6. The number of anilines is 1. The van der Waals surface area contributed by atoms with Crippen molar-refractivity contribution in [3.05, 3.63) is 77.4 Å². The first-order valence-electron chi connectivity index (χ1n) is 11.0. The molecular formula is C25H28F2N2O6. The first-order chi connectivity index (χ1) is 16.8. The largest absolute Gasteiger partial charge is 0.466 e. The van der Waals surface area contributed by atoms with Crippen LogP contribution in [0.25, 0.3) is 0 Å². The highest BCUT2D eigenvalue weighted by Crippen LogP contribution is 2.14. The maximum atomic E-state index is 13.2. The van der Waals surface area contributed by atoms with Gasteiger partial charge in [0.05, 0.1) is 7.11 Å². The summed E-state index contributed by atoms with van der Waals surface area (Å²) in [6.45, 7) is 0.198. The number of amides is 2. The molecule has 2 N–H and O–H groups in total. The third-order valence-electron chi connectivity index (χ3n) is 4.96. The van der Waals surface area contributed by atoms with E-state index in [4.69, 9.17) is 4.74 Å². The Morgan fingerprint density at radius 1 is 0.943 bits per heavy atom. The zero-order valence-electron chi connectivity index (χ0n) is 19.3. The minimum absolute atomic E-state index is 0.0288. The fraction of sp³-hybridized carbons (Fsp3) is 0.320. The molecule has 0 fully saturated rings. The van der Waals surface area contributed by atoms with Crippen LogP contribution in [0.5, 0.6) is 0 Å². The number of carbonyl (C=O) groups is 3. The number of hydrogen-bond donors (Lipinski definition) is 2. The molecule has 0 radical (unpaired) electrons. The monoisotopic (exact) mass is 490 g/mol. The molecule has 2 amide bonds. The molecule has 10 heteroatoms. The lowest BCUT2D eigenvalue weighted by molar-refractivity contribution is -0.159. The highest BCUT2D eigenvalue weighted by Gasteiger charge is 2.09. The third-order valence-corrected chi connectivity index (χ3v) is 4.96. The van der Waals surface area contributed by atoms with Gasteiger partial charge in [0.25, 0.3) is 5.91 Å². The Hall–Kier alpha value is -3.79. The number of halogens is 2. The summed E-state index contributed by atoms with van der Waals surface area (Å²) in [6.07, 6.45) is 5.27. The van der Waals surface area contributed by atoms with Gasteiger partial charge in [0.1, 0.15) is 6.61 Å². The Kier molecular flexibility index (Phi) is 11.3. The summed E-state index contributed by atoms with van der Waals surface area (Å²) in [5.41, 5.74) is 1.99. The molecule has 8 nitrogen and oxygen atoms in total. The lowest BCUT2D eigenvalue weighted by Gasteiger charge is -2.12. The zero-order chi connectivity index (χ0) is 25.6. The third kappa shape index (κ3) is 10.3. The number of aryl methyl sites for hydroxylation is 1. The standard InChI is InChI=1S/C25H28F2N2O6/c1-34-24(31)14-13-23(30)29(33)15-5-3-2-4-6-18-7-9-19(10-8-18)17-35-25(32)28-20-11-12-21(26)22(27)16-20/h7-14,16,33H,2-6,15,17H2,1H3,(H,28,32)/b14-13+. The zero-order valence-corrected chi connectivity index (χ0v) is 19.3. The second-order valence-corrected chi connectivity index (χ2v) is 7.63. The van der Waals surface area contributed by atoms with Crippen molar-refractivity contribution in [2.45, 2.75) is 38.7 Å². The molecule has 0 atom stereocenters. The molecule has 0 saturated heterocycles. The minimum Gasteiger partial charge on any atom is -0.466 e. The summed E-state index contributed by atoms with van der Waals surface area (Å²) >= 11 is 0. The maximum absolute atomic E-state index is 13.2. The molecule has 0 unspecified atom stereocenters. The molecule has 0 aliphatic heterocycles. The summed E-state index contributed by atoms with van der Waals surface area (Å²) in [4.78, 5) is 34.4. The first-order valence-corrected chi connectivity index (χ1v) is 11.0. The summed E-state index contributed by atoms with van der Waals surface area (Å²) < 4.78 is 35.6. The van der Waals surface area contributed by atoms with Crippen LogP contribution in [-0.4, -0.2) is 41.9 Å². The number of hydroxylamine groups is 2. The normalized spacial score (nSPS) is 10.7. The molecule has 2 rings (SSSR count). The fourth-order valence-electron chi connectivity index (χ4n) is 3.03. The first kappa shape index (κ1) is 27.5. The molecular weight excluding hydrogens is 462 g/mol. The number of benzene rings is 2. The number of carbonyl (C=O) groups excluding carboxylic acids is 3. The average molecular weight is 491 g/mol. The van der Waals surface area contributed by atoms with Crippen molar-refractivity contribution < 1.29 is 37.8 Å². The Balaban J connectivity index is 1.61. The predicted molar refractivity (Wildman–Crippen MR) is 123 cm³/mol. The van der Waals surface area contributed by atoms with Crippen molar-refractivity contribution in [1.29, 1.82) is 0 Å². The van der Waals surface area contributed by atoms with Gasteiger partial charge in [-0.1, -0.05) is 37.1 Å². The fourth-order valence-corrected chi connectivity index (χ4v) is 3.03. The van der Waals surface area contributed by atoms with Crippen LogP contribution in [0.1, 0.15) is 36.8 Å². The number of esters is 1. The number of hydrogen-bond acceptors (Lipinski definition) is 6. The van der Waals surface area contributed by atoms with Crippen molar-refractivity contribution in [1.82, 2.24) is 5.06 Å². The smallest absolute Gasteiger partial charge is 0.411 e. The van der Waals surface area contributed by atoms with Crippen LogP contribution >= 0.6 is 0 Å². The van der Waals surface area contributed by atoms with E-state index in [1.165, 1.54) is 13.2 Å². The van der Waals surface area contributed by atoms with E-state index in [1.807, 2.05) is 24.3 Å². The van der Waals surface area contributed by atoms with Gasteiger partial charge in [0.15, 0.2) is 11.6 Å². The van der Waals surface area contributed by atoms with Crippen LogP contribution in [0.2, 0.25) is 0 Å². The number of rotatable bonds is 12. The molecule has 188 valence electrons. The number of unbranched alkanes of at least 4 members (excludes halogenated alkanes) is 3. The Labute approximate surface area is 202 Å². The van der Waals surface area contributed by atoms with E-state index in [1.54, 1.807) is 0 Å². The van der Waals surface area contributed by atoms with Gasteiger partial charge in [-0.3, -0.25) is 15.3 Å². The van der Waals surface area contributed by atoms with Gasteiger partial charge < -0.3 is 9.47 Å². The molecule has 0 saturated carbocycles. The quantitative estimate of drug-likeness (QED) is 0.146. The molecule has 0 bridgehead atoms. The van der Waals surface area contributed by atoms with Crippen LogP contribution in [0.4, 0.5) is 19.3 Å². The van der Waals surface area contributed by atoms with E-state index < -0.39 is 29.6 Å². The van der Waals surface area contributed by atoms with E-state index in [-0.39, 0.29) is 18.8 Å². The molecule has 35 heavy (non-hydrogen) atoms. The van der Waals surface area contributed by atoms with Crippen molar-refractivity contribution in [2.24, 2.45) is 0 Å². The van der Waals surface area contributed by atoms with Crippen LogP contribution in [0.15, 0.2) is 54.6 Å². The summed E-state index contributed by atoms with van der Waals surface area (Å²) in [7, 11) is 1.20. The van der Waals surface area contributed by atoms with Crippen LogP contribution in [0, 0.1) is 11.6 Å². The number of ether oxygens (including phenoxy) is 2. The van der Waals surface area contributed by atoms with E-state index in [2.05, 4.69) is 10.1 Å². The highest BCUT2D eigenvalue weighted by molar-refractivity contribution is 5.93. The Morgan fingerprint density at radius 3 is 2.31 bits per heavy atom. The predicted octanol–water partition coefficient (Wildman–Crippen LogP) is 4.76. The summed E-state index contributed by atoms with van der Waals surface area (Å²) in [5.74, 6) is -3.41. The van der Waals surface area contributed by atoms with E-state index >= 15 is 0 Å². The highest BCUT2D eigenvalue weighted by atomic mass is 19.2. The van der Waals surface area contributed by atoms with Gasteiger partial charge in [-0.05, 0) is 42.5 Å². The van der Waals surface area contributed by atoms with E-state index in [0.29, 0.717) is 11.5 Å². The van der Waals surface area contributed by atoms with Gasteiger partial charge in [-0.15, -0.1) is 0 Å². The van der Waals surface area contributed by atoms with E-state index in [0.717, 1.165) is 61.1 Å². The number of nitrogens with zero attached hydrogens (tertiary/aromatic N) is 1. The second kappa shape index (κ2) is 14.5. The van der Waals surface area contributed by atoms with Crippen molar-refractivity contribution in [2.75, 3.05) is 19.0 Å². The molecule has 0 aliphatic carbocycles. The topological polar surface area (TPSA) is 105 Å². The number of nitrogens with one attached hydrogen (secondary N) is 1. The molecule has 0 heterocycles. The van der Waals surface area contributed by atoms with Crippen molar-refractivity contribution >= 4 is 23.7 Å². The number of methoxy groups -OCH3 is 1. The Bertz CT molecular complexity index is 1030. The second-order valence-electron chi connectivity index (χ2n) is 7.63. The Morgan fingerprint density at radius 2 is 1.63 bits per heavy atom. The lowest BCUT2D eigenvalue weighted by atomic mass is 10.0. The molecule has 2 aromatic rings. The van der Waals surface area contributed by atoms with Crippen molar-refractivity contribution in [3.8, 4) is 0 Å². The SMILES string of the molecule is COC(=O)/C=C/C(=O)N(O)CCCCCCc1ccc(COC(=O)Nc2ccc(F)c(F)c2)cc1. The average Bonchev–Trinajstić information content (AvgIpc) is 2.85. The molecule has 0 aliphatic rings. The van der Waals surface area contributed by atoms with Gasteiger partial charge in [-0.25, -0.2) is 23.4 Å².